The fourth-order valence-corrected chi connectivity index (χ4v) is 5.80. The van der Waals surface area contributed by atoms with Crippen LogP contribution in [0, 0.1) is 0 Å². The molecule has 2 aromatic carbocycles. The maximum atomic E-state index is 11.9. The lowest BCUT2D eigenvalue weighted by molar-refractivity contribution is 0.481. The molecule has 6 nitrogen and oxygen atoms in total. The topological polar surface area (TPSA) is 77.0 Å². The fourth-order valence-electron chi connectivity index (χ4n) is 5.80. The predicted molar refractivity (Wildman–Crippen MR) is 166 cm³/mol. The molecule has 0 aliphatic heterocycles. The maximum Gasteiger partial charge on any atom is 0.228 e. The van der Waals surface area contributed by atoms with Crippen molar-refractivity contribution in [1.82, 2.24) is 19.5 Å². The van der Waals surface area contributed by atoms with Gasteiger partial charge in [0.15, 0.2) is 5.58 Å². The van der Waals surface area contributed by atoms with E-state index in [2.05, 4.69) is 86.4 Å². The second kappa shape index (κ2) is 8.64. The number of hydrogen-bond acceptors (Lipinski definition) is 5. The monoisotopic (exact) mass is 540 g/mol. The van der Waals surface area contributed by atoms with Gasteiger partial charge in [0, 0.05) is 46.1 Å². The molecular formula is C35H32N4O2. The number of benzene rings is 2. The van der Waals surface area contributed by atoms with Crippen LogP contribution in [0.4, 0.5) is 0 Å². The van der Waals surface area contributed by atoms with Crippen LogP contribution in [-0.2, 0) is 10.8 Å². The van der Waals surface area contributed by atoms with E-state index in [-0.39, 0.29) is 16.6 Å². The second-order valence-corrected chi connectivity index (χ2v) is 12.8. The zero-order chi connectivity index (χ0) is 28.7. The van der Waals surface area contributed by atoms with Crippen molar-refractivity contribution in [3.63, 3.8) is 0 Å². The lowest BCUT2D eigenvalue weighted by atomic mass is 9.87. The molecule has 0 saturated carbocycles. The van der Waals surface area contributed by atoms with Gasteiger partial charge in [-0.2, -0.15) is 0 Å². The largest absolute Gasteiger partial charge is 0.505 e. The molecule has 5 heterocycles. The first-order valence-electron chi connectivity index (χ1n) is 13.9. The van der Waals surface area contributed by atoms with E-state index >= 15 is 0 Å². The molecule has 0 aliphatic rings. The first-order valence-corrected chi connectivity index (χ1v) is 13.9. The third kappa shape index (κ3) is 3.89. The Bertz CT molecular complexity index is 2140. The molecule has 0 radical (unpaired) electrons. The number of phenols is 1. The standard InChI is InChI=1S/C35H32N4O2/c1-34(2,3)21-13-15-36-28(18-21)39-27-10-8-7-9-23(27)24-12-11-22(31(40)30(24)39)20-17-25-29-32(41-33(25)38-19-20)26(14-16-37-29)35(4,5)6/h7-19,40H,1-6H3. The van der Waals surface area contributed by atoms with E-state index in [1.165, 1.54) is 5.56 Å². The van der Waals surface area contributed by atoms with Crippen LogP contribution in [0.15, 0.2) is 83.7 Å². The molecule has 6 heteroatoms. The van der Waals surface area contributed by atoms with Gasteiger partial charge in [0.05, 0.1) is 16.4 Å². The van der Waals surface area contributed by atoms with Gasteiger partial charge in [-0.3, -0.25) is 9.55 Å². The number of phenolic OH excluding ortho intramolecular Hbond substituents is 1. The Labute approximate surface area is 238 Å². The first-order chi connectivity index (χ1) is 19.5. The number of hydrogen-bond donors (Lipinski definition) is 1. The molecule has 0 aliphatic carbocycles. The van der Waals surface area contributed by atoms with E-state index < -0.39 is 0 Å². The second-order valence-electron chi connectivity index (χ2n) is 12.8. The number of nitrogens with zero attached hydrogens (tertiary/aromatic N) is 4. The highest BCUT2D eigenvalue weighted by Crippen LogP contribution is 2.43. The van der Waals surface area contributed by atoms with Gasteiger partial charge in [-0.15, -0.1) is 0 Å². The van der Waals surface area contributed by atoms with Crippen molar-refractivity contribution < 1.29 is 9.52 Å². The van der Waals surface area contributed by atoms with E-state index in [0.717, 1.165) is 49.7 Å². The third-order valence-corrected chi connectivity index (χ3v) is 7.98. The Kier molecular flexibility index (Phi) is 5.33. The van der Waals surface area contributed by atoms with E-state index in [4.69, 9.17) is 9.40 Å². The molecule has 0 bridgehead atoms. The summed E-state index contributed by atoms with van der Waals surface area (Å²) in [6.45, 7) is 13.0. The third-order valence-electron chi connectivity index (χ3n) is 7.98. The minimum absolute atomic E-state index is 0.0427. The van der Waals surface area contributed by atoms with E-state index in [1.807, 2.05) is 42.7 Å². The number of para-hydroxylation sites is 1. The summed E-state index contributed by atoms with van der Waals surface area (Å²) in [5, 5.41) is 14.8. The minimum atomic E-state index is -0.104. The molecule has 0 atom stereocenters. The van der Waals surface area contributed by atoms with Crippen LogP contribution in [0.2, 0.25) is 0 Å². The average molecular weight is 541 g/mol. The number of rotatable bonds is 2. The van der Waals surface area contributed by atoms with Crippen LogP contribution in [0.1, 0.15) is 52.7 Å². The summed E-state index contributed by atoms with van der Waals surface area (Å²) in [5.74, 6) is 0.948. The maximum absolute atomic E-state index is 11.9. The first kappa shape index (κ1) is 25.3. The zero-order valence-corrected chi connectivity index (χ0v) is 24.1. The van der Waals surface area contributed by atoms with Crippen molar-refractivity contribution in [3.05, 3.63) is 90.4 Å². The quantitative estimate of drug-likeness (QED) is 0.237. The predicted octanol–water partition coefficient (Wildman–Crippen LogP) is 8.84. The van der Waals surface area contributed by atoms with Gasteiger partial charge >= 0.3 is 0 Å². The van der Waals surface area contributed by atoms with Crippen LogP contribution in [0.5, 0.6) is 5.75 Å². The Morgan fingerprint density at radius 3 is 2.32 bits per heavy atom. The Morgan fingerprint density at radius 1 is 0.756 bits per heavy atom. The van der Waals surface area contributed by atoms with Crippen LogP contribution >= 0.6 is 0 Å². The molecule has 5 aromatic heterocycles. The summed E-state index contributed by atoms with van der Waals surface area (Å²) in [6.07, 6.45) is 5.43. The molecule has 0 unspecified atom stereocenters. The van der Waals surface area contributed by atoms with Crippen molar-refractivity contribution in [3.8, 4) is 22.7 Å². The lowest BCUT2D eigenvalue weighted by Crippen LogP contribution is -2.12. The molecule has 204 valence electrons. The molecule has 0 saturated heterocycles. The van der Waals surface area contributed by atoms with Crippen molar-refractivity contribution in [1.29, 1.82) is 0 Å². The van der Waals surface area contributed by atoms with Crippen LogP contribution in [0.3, 0.4) is 0 Å². The number of aromatic hydroxyl groups is 1. The van der Waals surface area contributed by atoms with Crippen molar-refractivity contribution in [2.75, 3.05) is 0 Å². The van der Waals surface area contributed by atoms with Crippen molar-refractivity contribution >= 4 is 44.0 Å². The lowest BCUT2D eigenvalue weighted by Gasteiger charge is -2.20. The summed E-state index contributed by atoms with van der Waals surface area (Å²) in [6, 6.07) is 20.4. The van der Waals surface area contributed by atoms with Gasteiger partial charge < -0.3 is 9.52 Å². The molecule has 0 fully saturated rings. The average Bonchev–Trinajstić information content (AvgIpc) is 3.48. The number of fused-ring (bicyclic) bond motifs is 6. The van der Waals surface area contributed by atoms with Gasteiger partial charge in [-0.05, 0) is 52.8 Å². The number of pyridine rings is 3. The molecule has 7 aromatic rings. The number of furan rings is 1. The SMILES string of the molecule is CC(C)(C)c1ccnc(-n2c3ccccc3c3ccc(-c4cnc5oc6c(C(C)(C)C)ccnc6c5c4)c(O)c32)c1. The summed E-state index contributed by atoms with van der Waals surface area (Å²) in [7, 11) is 0. The Morgan fingerprint density at radius 2 is 1.54 bits per heavy atom. The normalized spacial score (nSPS) is 12.7. The Balaban J connectivity index is 1.49. The van der Waals surface area contributed by atoms with Crippen LogP contribution < -0.4 is 0 Å². The van der Waals surface area contributed by atoms with Gasteiger partial charge in [0.2, 0.25) is 5.71 Å². The summed E-state index contributed by atoms with van der Waals surface area (Å²) < 4.78 is 8.27. The van der Waals surface area contributed by atoms with Gasteiger partial charge in [-0.25, -0.2) is 9.97 Å². The summed E-state index contributed by atoms with van der Waals surface area (Å²) in [5.41, 5.74) is 7.35. The highest BCUT2D eigenvalue weighted by Gasteiger charge is 2.24. The molecular weight excluding hydrogens is 508 g/mol. The Hall–Kier alpha value is -4.71. The zero-order valence-electron chi connectivity index (χ0n) is 24.1. The molecule has 1 N–H and O–H groups in total. The highest BCUT2D eigenvalue weighted by atomic mass is 16.3. The van der Waals surface area contributed by atoms with Crippen molar-refractivity contribution in [2.45, 2.75) is 52.4 Å². The highest BCUT2D eigenvalue weighted by molar-refractivity contribution is 6.13. The molecule has 7 rings (SSSR count). The van der Waals surface area contributed by atoms with Crippen molar-refractivity contribution in [2.24, 2.45) is 0 Å². The van der Waals surface area contributed by atoms with Crippen LogP contribution in [-0.4, -0.2) is 24.6 Å². The minimum Gasteiger partial charge on any atom is -0.505 e. The molecule has 41 heavy (non-hydrogen) atoms. The summed E-state index contributed by atoms with van der Waals surface area (Å²) >= 11 is 0. The van der Waals surface area contributed by atoms with E-state index in [9.17, 15) is 5.11 Å². The van der Waals surface area contributed by atoms with E-state index in [1.54, 1.807) is 6.20 Å². The van der Waals surface area contributed by atoms with Crippen LogP contribution in [0.25, 0.3) is 61.0 Å². The summed E-state index contributed by atoms with van der Waals surface area (Å²) in [4.78, 5) is 14.1. The fraction of sp³-hybridized carbons (Fsp3) is 0.229. The van der Waals surface area contributed by atoms with Gasteiger partial charge in [-0.1, -0.05) is 65.8 Å². The smallest absolute Gasteiger partial charge is 0.228 e. The van der Waals surface area contributed by atoms with Gasteiger partial charge in [0.1, 0.15) is 17.1 Å². The molecule has 0 spiro atoms. The molecule has 0 amide bonds. The van der Waals surface area contributed by atoms with E-state index in [0.29, 0.717) is 16.8 Å². The number of aromatic nitrogens is 4. The van der Waals surface area contributed by atoms with Gasteiger partial charge in [0.25, 0.3) is 0 Å².